The number of alkyl halides is 6. The lowest BCUT2D eigenvalue weighted by Crippen LogP contribution is -2.52. The quantitative estimate of drug-likeness (QED) is 0.370. The first kappa shape index (κ1) is 34.3. The maximum atomic E-state index is 12.8. The highest BCUT2D eigenvalue weighted by molar-refractivity contribution is 5.73. The summed E-state index contributed by atoms with van der Waals surface area (Å²) in [6.45, 7) is 5.60. The summed E-state index contributed by atoms with van der Waals surface area (Å²) in [6.07, 6.45) is -4.30. The van der Waals surface area contributed by atoms with Crippen LogP contribution in [0.1, 0.15) is 35.2 Å². The van der Waals surface area contributed by atoms with Crippen LogP contribution in [-0.4, -0.2) is 78.7 Å². The van der Waals surface area contributed by atoms with Gasteiger partial charge >= 0.3 is 24.3 Å². The second-order valence-electron chi connectivity index (χ2n) is 10.5. The van der Waals surface area contributed by atoms with Crippen molar-refractivity contribution < 1.29 is 46.1 Å². The number of hydrogen-bond donors (Lipinski definition) is 3. The molecule has 1 spiro atoms. The number of halogens is 6. The highest BCUT2D eigenvalue weighted by Gasteiger charge is 2.44. The number of benzene rings is 1. The second kappa shape index (κ2) is 14.1. The zero-order chi connectivity index (χ0) is 32.7. The first-order valence-electron chi connectivity index (χ1n) is 13.3. The average Bonchev–Trinajstić information content (AvgIpc) is 3.25. The van der Waals surface area contributed by atoms with Crippen LogP contribution in [-0.2, 0) is 41.7 Å². The third-order valence-electron chi connectivity index (χ3n) is 7.26. The molecule has 4 heterocycles. The Balaban J connectivity index is 0.000000317. The fourth-order valence-electron chi connectivity index (χ4n) is 5.22. The van der Waals surface area contributed by atoms with Crippen LogP contribution in [0.15, 0.2) is 59.7 Å². The van der Waals surface area contributed by atoms with E-state index in [1.54, 1.807) is 4.68 Å². The minimum Gasteiger partial charge on any atom is -0.475 e. The molecular formula is C28H31F6N5O5. The van der Waals surface area contributed by atoms with Gasteiger partial charge in [0.1, 0.15) is 0 Å². The molecule has 10 nitrogen and oxygen atoms in total. The van der Waals surface area contributed by atoms with E-state index >= 15 is 0 Å². The summed E-state index contributed by atoms with van der Waals surface area (Å²) in [5, 5.41) is 17.7. The van der Waals surface area contributed by atoms with E-state index in [1.807, 2.05) is 25.5 Å². The lowest BCUT2D eigenvalue weighted by molar-refractivity contribution is -0.193. The number of rotatable bonds is 4. The number of carboxylic acids is 2. The molecule has 44 heavy (non-hydrogen) atoms. The molecule has 5 rings (SSSR count). The zero-order valence-electron chi connectivity index (χ0n) is 23.5. The Kier molecular flexibility index (Phi) is 11.0. The van der Waals surface area contributed by atoms with Gasteiger partial charge in [0, 0.05) is 56.7 Å². The van der Waals surface area contributed by atoms with Gasteiger partial charge in [-0.1, -0.05) is 36.4 Å². The minimum absolute atomic E-state index is 0.0173. The van der Waals surface area contributed by atoms with E-state index in [4.69, 9.17) is 19.8 Å². The molecule has 0 unspecified atom stereocenters. The van der Waals surface area contributed by atoms with E-state index in [0.717, 1.165) is 51.1 Å². The largest absolute Gasteiger partial charge is 0.490 e. The number of hydrogen-bond acceptors (Lipinski definition) is 6. The van der Waals surface area contributed by atoms with Gasteiger partial charge < -0.3 is 10.2 Å². The highest BCUT2D eigenvalue weighted by Crippen LogP contribution is 2.40. The summed E-state index contributed by atoms with van der Waals surface area (Å²) >= 11 is 0. The Hall–Kier alpha value is -4.18. The van der Waals surface area contributed by atoms with E-state index in [2.05, 4.69) is 56.3 Å². The summed E-state index contributed by atoms with van der Waals surface area (Å²) in [7, 11) is 1.84. The summed E-state index contributed by atoms with van der Waals surface area (Å²) in [5.74, 6) is -5.51. The fourth-order valence-corrected chi connectivity index (χ4v) is 5.22. The van der Waals surface area contributed by atoms with Crippen molar-refractivity contribution in [3.8, 4) is 0 Å². The number of carbonyl (C=O) groups is 2. The number of pyridine rings is 1. The molecule has 1 aromatic carbocycles. The Morgan fingerprint density at radius 2 is 1.41 bits per heavy atom. The highest BCUT2D eigenvalue weighted by atomic mass is 19.4. The minimum atomic E-state index is -5.08. The molecule has 2 aliphatic heterocycles. The number of aliphatic carboxylic acids is 2. The van der Waals surface area contributed by atoms with Crippen molar-refractivity contribution in [1.29, 1.82) is 0 Å². The lowest BCUT2D eigenvalue weighted by atomic mass is 9.72. The van der Waals surface area contributed by atoms with Crippen LogP contribution in [0, 0.1) is 0 Å². The number of likely N-dealkylation sites (tertiary alicyclic amines) is 1. The number of H-pyrrole nitrogens is 1. The number of nitrogens with one attached hydrogen (secondary N) is 1. The molecule has 2 aliphatic rings. The molecule has 1 saturated heterocycles. The Morgan fingerprint density at radius 3 is 1.91 bits per heavy atom. The predicted molar refractivity (Wildman–Crippen MR) is 144 cm³/mol. The number of carboxylic acid groups (broad SMARTS) is 2. The van der Waals surface area contributed by atoms with Crippen LogP contribution < -0.4 is 5.56 Å². The van der Waals surface area contributed by atoms with Crippen molar-refractivity contribution in [3.05, 3.63) is 87.6 Å². The van der Waals surface area contributed by atoms with Crippen LogP contribution in [0.25, 0.3) is 0 Å². The monoisotopic (exact) mass is 631 g/mol. The summed E-state index contributed by atoms with van der Waals surface area (Å²) in [5.41, 5.74) is 4.82. The van der Waals surface area contributed by atoms with Gasteiger partial charge in [-0.05, 0) is 43.1 Å². The molecule has 0 radical (unpaired) electrons. The summed E-state index contributed by atoms with van der Waals surface area (Å²) < 4.78 is 65.1. The van der Waals surface area contributed by atoms with Crippen LogP contribution in [0.3, 0.4) is 0 Å². The third-order valence-corrected chi connectivity index (χ3v) is 7.26. The Labute approximate surface area is 247 Å². The number of aryl methyl sites for hydroxylation is 1. The standard InChI is InChI=1S/C24H29N5O.2C2HF3O2/c1-27-23(30)21-17-29(16-20-8-5-11-25-14-20)18-24(22(21)26-27)9-12-28(13-10-24)15-19-6-3-2-4-7-19;2*3-2(4,5)1(6)7/h2-8,11,14,26H,9-10,12-13,15-18H2,1H3;2*(H,6,7). The number of aromatic amines is 1. The van der Waals surface area contributed by atoms with E-state index in [0.29, 0.717) is 6.54 Å². The first-order valence-corrected chi connectivity index (χ1v) is 13.3. The van der Waals surface area contributed by atoms with Gasteiger partial charge in [-0.2, -0.15) is 26.3 Å². The number of fused-ring (bicyclic) bond motifs is 2. The Bertz CT molecular complexity index is 1430. The third kappa shape index (κ3) is 9.16. The number of nitrogens with zero attached hydrogens (tertiary/aromatic N) is 4. The van der Waals surface area contributed by atoms with Gasteiger partial charge in [-0.25, -0.2) is 9.59 Å². The van der Waals surface area contributed by atoms with Crippen molar-refractivity contribution in [1.82, 2.24) is 24.6 Å². The Morgan fingerprint density at radius 1 is 0.886 bits per heavy atom. The van der Waals surface area contributed by atoms with Crippen LogP contribution >= 0.6 is 0 Å². The van der Waals surface area contributed by atoms with Gasteiger partial charge in [0.05, 0.1) is 5.56 Å². The van der Waals surface area contributed by atoms with E-state index in [9.17, 15) is 31.1 Å². The van der Waals surface area contributed by atoms with Gasteiger partial charge in [-0.15, -0.1) is 0 Å². The topological polar surface area (TPSA) is 132 Å². The SMILES string of the molecule is Cn1[nH]c2c(c1=O)CN(Cc1cccnc1)CC21CCN(Cc2ccccc2)CC1.O=C(O)C(F)(F)F.O=C(O)C(F)(F)F. The molecule has 1 fully saturated rings. The van der Waals surface area contributed by atoms with Gasteiger partial charge in [0.15, 0.2) is 0 Å². The molecule has 0 aliphatic carbocycles. The first-order chi connectivity index (χ1) is 20.5. The maximum Gasteiger partial charge on any atom is 0.490 e. The van der Waals surface area contributed by atoms with Gasteiger partial charge in [0.2, 0.25) is 0 Å². The van der Waals surface area contributed by atoms with Crippen molar-refractivity contribution in [3.63, 3.8) is 0 Å². The molecule has 0 atom stereocenters. The average molecular weight is 632 g/mol. The normalized spacial score (nSPS) is 16.6. The van der Waals surface area contributed by atoms with Crippen molar-refractivity contribution in [2.45, 2.75) is 50.2 Å². The van der Waals surface area contributed by atoms with Crippen LogP contribution in [0.4, 0.5) is 26.3 Å². The molecule has 3 N–H and O–H groups in total. The molecule has 0 bridgehead atoms. The lowest BCUT2D eigenvalue weighted by Gasteiger charge is -2.47. The van der Waals surface area contributed by atoms with Crippen molar-refractivity contribution in [2.75, 3.05) is 19.6 Å². The molecule has 16 heteroatoms. The number of aromatic nitrogens is 3. The van der Waals surface area contributed by atoms with Crippen molar-refractivity contribution in [2.24, 2.45) is 7.05 Å². The van der Waals surface area contributed by atoms with Gasteiger partial charge in [-0.3, -0.25) is 29.4 Å². The number of piperidine rings is 1. The summed E-state index contributed by atoms with van der Waals surface area (Å²) in [4.78, 5) is 39.9. The van der Waals surface area contributed by atoms with Crippen LogP contribution in [0.5, 0.6) is 0 Å². The molecule has 240 valence electrons. The van der Waals surface area contributed by atoms with E-state index < -0.39 is 24.3 Å². The fraction of sp³-hybridized carbons (Fsp3) is 0.429. The molecule has 3 aromatic rings. The second-order valence-corrected chi connectivity index (χ2v) is 10.5. The predicted octanol–water partition coefficient (Wildman–Crippen LogP) is 3.92. The molecular weight excluding hydrogens is 600 g/mol. The molecule has 0 saturated carbocycles. The molecule has 2 aromatic heterocycles. The maximum absolute atomic E-state index is 12.8. The summed E-state index contributed by atoms with van der Waals surface area (Å²) in [6, 6.07) is 14.8. The van der Waals surface area contributed by atoms with Crippen molar-refractivity contribution >= 4 is 11.9 Å². The van der Waals surface area contributed by atoms with E-state index in [-0.39, 0.29) is 11.0 Å². The zero-order valence-corrected chi connectivity index (χ0v) is 23.5. The smallest absolute Gasteiger partial charge is 0.475 e. The van der Waals surface area contributed by atoms with E-state index in [1.165, 1.54) is 16.8 Å². The van der Waals surface area contributed by atoms with Gasteiger partial charge in [0.25, 0.3) is 5.56 Å². The van der Waals surface area contributed by atoms with Crippen LogP contribution in [0.2, 0.25) is 0 Å². The molecule has 0 amide bonds.